The summed E-state index contributed by atoms with van der Waals surface area (Å²) in [5, 5.41) is 10.3. The molecule has 0 radical (unpaired) electrons. The van der Waals surface area contributed by atoms with Gasteiger partial charge in [-0.25, -0.2) is 4.98 Å². The van der Waals surface area contributed by atoms with Crippen LogP contribution in [-0.2, 0) is 6.42 Å². The third-order valence-electron chi connectivity index (χ3n) is 1.74. The highest BCUT2D eigenvalue weighted by Gasteiger charge is 2.10. The van der Waals surface area contributed by atoms with Gasteiger partial charge >= 0.3 is 0 Å². The van der Waals surface area contributed by atoms with Crippen molar-refractivity contribution in [1.82, 2.24) is 4.98 Å². The van der Waals surface area contributed by atoms with Crippen LogP contribution in [0.2, 0.25) is 0 Å². The van der Waals surface area contributed by atoms with E-state index in [9.17, 15) is 5.11 Å². The van der Waals surface area contributed by atoms with Crippen LogP contribution in [0.1, 0.15) is 17.5 Å². The predicted molar refractivity (Wildman–Crippen MR) is 56.6 cm³/mol. The van der Waals surface area contributed by atoms with Crippen LogP contribution in [-0.4, -0.2) is 30.3 Å². The van der Waals surface area contributed by atoms with Crippen LogP contribution in [0.15, 0.2) is 0 Å². The van der Waals surface area contributed by atoms with Gasteiger partial charge in [-0.15, -0.1) is 11.3 Å². The number of nitrogens with zero attached hydrogens (tertiary/aromatic N) is 2. The molecule has 0 unspecified atom stereocenters. The fraction of sp³-hybridized carbons (Fsp3) is 0.667. The number of hydrogen-bond acceptors (Lipinski definition) is 4. The van der Waals surface area contributed by atoms with E-state index in [1.807, 2.05) is 25.9 Å². The van der Waals surface area contributed by atoms with Gasteiger partial charge in [-0.3, -0.25) is 0 Å². The molecule has 0 bridgehead atoms. The number of thiazole rings is 1. The van der Waals surface area contributed by atoms with Gasteiger partial charge in [-0.2, -0.15) is 0 Å². The smallest absolute Gasteiger partial charge is 0.185 e. The summed E-state index contributed by atoms with van der Waals surface area (Å²) in [6, 6.07) is 0. The molecule has 0 aliphatic heterocycles. The zero-order valence-corrected chi connectivity index (χ0v) is 9.35. The fourth-order valence-corrected chi connectivity index (χ4v) is 2.17. The number of anilines is 1. The molecule has 74 valence electrons. The topological polar surface area (TPSA) is 36.4 Å². The third-order valence-corrected chi connectivity index (χ3v) is 3.09. The Morgan fingerprint density at radius 2 is 2.15 bits per heavy atom. The fourth-order valence-electron chi connectivity index (χ4n) is 1.06. The molecule has 0 saturated carbocycles. The quantitative estimate of drug-likeness (QED) is 0.802. The van der Waals surface area contributed by atoms with E-state index in [-0.39, 0.29) is 6.10 Å². The normalized spacial score (nSPS) is 13.0. The van der Waals surface area contributed by atoms with E-state index in [2.05, 4.69) is 4.98 Å². The molecule has 0 fully saturated rings. The molecule has 0 aromatic carbocycles. The van der Waals surface area contributed by atoms with Crippen LogP contribution in [0.5, 0.6) is 0 Å². The molecule has 0 aliphatic carbocycles. The van der Waals surface area contributed by atoms with E-state index >= 15 is 0 Å². The number of rotatable bonds is 3. The summed E-state index contributed by atoms with van der Waals surface area (Å²) in [7, 11) is 3.95. The van der Waals surface area contributed by atoms with Crippen molar-refractivity contribution in [2.45, 2.75) is 26.4 Å². The van der Waals surface area contributed by atoms with E-state index in [1.165, 1.54) is 4.88 Å². The first-order valence-corrected chi connectivity index (χ1v) is 5.14. The second kappa shape index (κ2) is 4.07. The minimum Gasteiger partial charge on any atom is -0.393 e. The number of hydrogen-bond donors (Lipinski definition) is 1. The molecular formula is C9H16N2OS. The summed E-state index contributed by atoms with van der Waals surface area (Å²) in [5.74, 6) is 0. The van der Waals surface area contributed by atoms with Crippen molar-refractivity contribution in [2.75, 3.05) is 19.0 Å². The van der Waals surface area contributed by atoms with Crippen molar-refractivity contribution < 1.29 is 5.11 Å². The highest BCUT2D eigenvalue weighted by Crippen LogP contribution is 2.25. The standard InChI is InChI=1S/C9H16N2OS/c1-6(12)5-8-7(2)10-9(13-8)11(3)4/h6,12H,5H2,1-4H3/t6-/m1/s1. The first-order chi connectivity index (χ1) is 6.00. The molecule has 1 heterocycles. The molecule has 3 nitrogen and oxygen atoms in total. The van der Waals surface area contributed by atoms with Crippen molar-refractivity contribution in [2.24, 2.45) is 0 Å². The van der Waals surface area contributed by atoms with Crippen LogP contribution in [0.25, 0.3) is 0 Å². The molecular weight excluding hydrogens is 184 g/mol. The van der Waals surface area contributed by atoms with Crippen molar-refractivity contribution >= 4 is 16.5 Å². The van der Waals surface area contributed by atoms with Gasteiger partial charge < -0.3 is 10.0 Å². The second-order valence-electron chi connectivity index (χ2n) is 3.45. The van der Waals surface area contributed by atoms with Crippen LogP contribution in [0.4, 0.5) is 5.13 Å². The number of aliphatic hydroxyl groups is 1. The van der Waals surface area contributed by atoms with Gasteiger partial charge in [0.05, 0.1) is 11.8 Å². The Kier molecular flexibility index (Phi) is 3.27. The lowest BCUT2D eigenvalue weighted by Crippen LogP contribution is -2.07. The van der Waals surface area contributed by atoms with E-state index in [4.69, 9.17) is 0 Å². The summed E-state index contributed by atoms with van der Waals surface area (Å²) >= 11 is 1.65. The molecule has 0 spiro atoms. The summed E-state index contributed by atoms with van der Waals surface area (Å²) < 4.78 is 0. The maximum atomic E-state index is 9.24. The molecule has 1 N–H and O–H groups in total. The Balaban J connectivity index is 2.83. The zero-order chi connectivity index (χ0) is 10.0. The summed E-state index contributed by atoms with van der Waals surface area (Å²) in [6.07, 6.45) is 0.423. The number of aromatic nitrogens is 1. The summed E-state index contributed by atoms with van der Waals surface area (Å²) in [6.45, 7) is 3.79. The van der Waals surface area contributed by atoms with Gasteiger partial charge in [-0.05, 0) is 13.8 Å². The van der Waals surface area contributed by atoms with E-state index in [0.29, 0.717) is 6.42 Å². The Morgan fingerprint density at radius 1 is 1.54 bits per heavy atom. The molecule has 1 aromatic heterocycles. The minimum absolute atomic E-state index is 0.283. The molecule has 1 atom stereocenters. The highest BCUT2D eigenvalue weighted by atomic mass is 32.1. The van der Waals surface area contributed by atoms with Crippen LogP contribution < -0.4 is 4.90 Å². The van der Waals surface area contributed by atoms with Crippen LogP contribution >= 0.6 is 11.3 Å². The lowest BCUT2D eigenvalue weighted by molar-refractivity contribution is 0.196. The second-order valence-corrected chi connectivity index (χ2v) is 4.51. The number of aryl methyl sites for hydroxylation is 1. The predicted octanol–water partition coefficient (Wildman–Crippen LogP) is 1.44. The third kappa shape index (κ3) is 2.67. The van der Waals surface area contributed by atoms with E-state index in [0.717, 1.165) is 10.8 Å². The van der Waals surface area contributed by atoms with Gasteiger partial charge in [0.25, 0.3) is 0 Å². The maximum Gasteiger partial charge on any atom is 0.185 e. The average Bonchev–Trinajstić information content (AvgIpc) is 2.31. The van der Waals surface area contributed by atoms with Crippen molar-refractivity contribution in [1.29, 1.82) is 0 Å². The van der Waals surface area contributed by atoms with Crippen molar-refractivity contribution in [3.05, 3.63) is 10.6 Å². The Hall–Kier alpha value is -0.610. The highest BCUT2D eigenvalue weighted by molar-refractivity contribution is 7.15. The Morgan fingerprint density at radius 3 is 2.54 bits per heavy atom. The van der Waals surface area contributed by atoms with E-state index < -0.39 is 0 Å². The van der Waals surface area contributed by atoms with Crippen molar-refractivity contribution in [3.8, 4) is 0 Å². The largest absolute Gasteiger partial charge is 0.393 e. The average molecular weight is 200 g/mol. The van der Waals surface area contributed by atoms with Crippen molar-refractivity contribution in [3.63, 3.8) is 0 Å². The van der Waals surface area contributed by atoms with Crippen LogP contribution in [0, 0.1) is 6.92 Å². The Bertz CT molecular complexity index is 281. The lowest BCUT2D eigenvalue weighted by atomic mass is 10.2. The molecule has 1 rings (SSSR count). The minimum atomic E-state index is -0.283. The van der Waals surface area contributed by atoms with Gasteiger partial charge in [0.15, 0.2) is 5.13 Å². The van der Waals surface area contributed by atoms with Gasteiger partial charge in [0.2, 0.25) is 0 Å². The molecule has 0 aliphatic rings. The SMILES string of the molecule is Cc1nc(N(C)C)sc1C[C@@H](C)O. The zero-order valence-electron chi connectivity index (χ0n) is 8.53. The summed E-state index contributed by atoms with van der Waals surface area (Å²) in [5.41, 5.74) is 1.04. The maximum absolute atomic E-state index is 9.24. The number of aliphatic hydroxyl groups excluding tert-OH is 1. The van der Waals surface area contributed by atoms with E-state index in [1.54, 1.807) is 18.3 Å². The molecule has 0 saturated heterocycles. The molecule has 13 heavy (non-hydrogen) atoms. The van der Waals surface area contributed by atoms with Gasteiger partial charge in [-0.1, -0.05) is 0 Å². The first-order valence-electron chi connectivity index (χ1n) is 4.32. The Labute approximate surface area is 83.0 Å². The van der Waals surface area contributed by atoms with Gasteiger partial charge in [0.1, 0.15) is 0 Å². The monoisotopic (exact) mass is 200 g/mol. The molecule has 4 heteroatoms. The van der Waals surface area contributed by atoms with Gasteiger partial charge in [0, 0.05) is 25.4 Å². The summed E-state index contributed by atoms with van der Waals surface area (Å²) in [4.78, 5) is 7.57. The van der Waals surface area contributed by atoms with Crippen LogP contribution in [0.3, 0.4) is 0 Å². The molecule has 1 aromatic rings. The first kappa shape index (κ1) is 10.5. The lowest BCUT2D eigenvalue weighted by Gasteiger charge is -2.05. The molecule has 0 amide bonds.